The Morgan fingerprint density at radius 3 is 2.40 bits per heavy atom. The van der Waals surface area contributed by atoms with Crippen LogP contribution in [-0.2, 0) is 0 Å². The first-order valence-electron chi connectivity index (χ1n) is 7.83. The summed E-state index contributed by atoms with van der Waals surface area (Å²) in [5.41, 5.74) is 3.31. The second kappa shape index (κ2) is 7.00. The number of rotatable bonds is 3. The minimum absolute atomic E-state index is 0.223. The van der Waals surface area contributed by atoms with Gasteiger partial charge in [0, 0.05) is 29.5 Å². The van der Waals surface area contributed by atoms with Gasteiger partial charge in [-0.25, -0.2) is 4.79 Å². The summed E-state index contributed by atoms with van der Waals surface area (Å²) in [7, 11) is 1.54. The van der Waals surface area contributed by atoms with E-state index in [2.05, 4.69) is 20.9 Å². The number of benzene rings is 2. The highest BCUT2D eigenvalue weighted by molar-refractivity contribution is 6.12. The third kappa shape index (κ3) is 3.74. The standard InChI is InChI=1S/C19H18N4O2/c1-12-10-16(15-8-3-4-9-17(15)21-12)18(24)22-13-6-5-7-14(11-13)23-19(25)20-2/h3-11H,1-2H3,(H,22,24)(H2,20,23,25). The molecular formula is C19H18N4O2. The number of carbonyl (C=O) groups excluding carboxylic acids is 2. The molecule has 3 rings (SSSR count). The summed E-state index contributed by atoms with van der Waals surface area (Å²) in [6.07, 6.45) is 0. The van der Waals surface area contributed by atoms with Crippen molar-refractivity contribution < 1.29 is 9.59 Å². The van der Waals surface area contributed by atoms with Crippen molar-refractivity contribution in [1.29, 1.82) is 0 Å². The zero-order valence-corrected chi connectivity index (χ0v) is 14.0. The third-order valence-electron chi connectivity index (χ3n) is 3.69. The summed E-state index contributed by atoms with van der Waals surface area (Å²) >= 11 is 0. The summed E-state index contributed by atoms with van der Waals surface area (Å²) in [5, 5.41) is 8.82. The molecule has 0 saturated carbocycles. The number of hydrogen-bond donors (Lipinski definition) is 3. The SMILES string of the molecule is CNC(=O)Nc1cccc(NC(=O)c2cc(C)nc3ccccc23)c1. The van der Waals surface area contributed by atoms with E-state index in [0.717, 1.165) is 16.6 Å². The van der Waals surface area contributed by atoms with E-state index in [1.54, 1.807) is 30.3 Å². The van der Waals surface area contributed by atoms with Crippen LogP contribution in [0.3, 0.4) is 0 Å². The molecule has 0 fully saturated rings. The van der Waals surface area contributed by atoms with Crippen LogP contribution in [0, 0.1) is 6.92 Å². The first-order chi connectivity index (χ1) is 12.1. The molecule has 0 aliphatic rings. The van der Waals surface area contributed by atoms with Gasteiger partial charge in [0.1, 0.15) is 0 Å². The normalized spacial score (nSPS) is 10.3. The fraction of sp³-hybridized carbons (Fsp3) is 0.105. The van der Waals surface area contributed by atoms with Crippen LogP contribution in [0.5, 0.6) is 0 Å². The highest BCUT2D eigenvalue weighted by Gasteiger charge is 2.12. The van der Waals surface area contributed by atoms with Crippen LogP contribution in [0.15, 0.2) is 54.6 Å². The number of nitrogens with one attached hydrogen (secondary N) is 3. The zero-order chi connectivity index (χ0) is 17.8. The predicted molar refractivity (Wildman–Crippen MR) is 99.0 cm³/mol. The van der Waals surface area contributed by atoms with Gasteiger partial charge in [-0.15, -0.1) is 0 Å². The lowest BCUT2D eigenvalue weighted by Gasteiger charge is -2.10. The molecule has 0 bridgehead atoms. The number of carbonyl (C=O) groups is 2. The van der Waals surface area contributed by atoms with Crippen LogP contribution in [0.1, 0.15) is 16.1 Å². The molecule has 0 unspecified atom stereocenters. The number of fused-ring (bicyclic) bond motifs is 1. The highest BCUT2D eigenvalue weighted by Crippen LogP contribution is 2.21. The van der Waals surface area contributed by atoms with Crippen LogP contribution in [0.25, 0.3) is 10.9 Å². The summed E-state index contributed by atoms with van der Waals surface area (Å²) in [6, 6.07) is 15.9. The molecule has 3 aromatic rings. The Morgan fingerprint density at radius 2 is 1.64 bits per heavy atom. The van der Waals surface area contributed by atoms with Crippen molar-refractivity contribution in [2.45, 2.75) is 6.92 Å². The fourth-order valence-electron chi connectivity index (χ4n) is 2.56. The Morgan fingerprint density at radius 1 is 0.920 bits per heavy atom. The smallest absolute Gasteiger partial charge is 0.318 e. The summed E-state index contributed by atoms with van der Waals surface area (Å²) in [6.45, 7) is 1.86. The van der Waals surface area contributed by atoms with E-state index in [1.165, 1.54) is 7.05 Å². The summed E-state index contributed by atoms with van der Waals surface area (Å²) in [4.78, 5) is 28.6. The molecule has 25 heavy (non-hydrogen) atoms. The van der Waals surface area contributed by atoms with Gasteiger partial charge in [0.2, 0.25) is 0 Å². The number of aromatic nitrogens is 1. The van der Waals surface area contributed by atoms with E-state index in [1.807, 2.05) is 31.2 Å². The Balaban J connectivity index is 1.88. The van der Waals surface area contributed by atoms with Crippen molar-refractivity contribution in [1.82, 2.24) is 10.3 Å². The van der Waals surface area contributed by atoms with Gasteiger partial charge in [0.25, 0.3) is 5.91 Å². The summed E-state index contributed by atoms with van der Waals surface area (Å²) < 4.78 is 0. The van der Waals surface area contributed by atoms with Gasteiger partial charge in [0.05, 0.1) is 11.1 Å². The quantitative estimate of drug-likeness (QED) is 0.685. The molecule has 6 nitrogen and oxygen atoms in total. The van der Waals surface area contributed by atoms with Gasteiger partial charge in [0.15, 0.2) is 0 Å². The van der Waals surface area contributed by atoms with Crippen molar-refractivity contribution >= 4 is 34.2 Å². The van der Waals surface area contributed by atoms with Crippen molar-refractivity contribution in [2.75, 3.05) is 17.7 Å². The van der Waals surface area contributed by atoms with E-state index >= 15 is 0 Å². The molecule has 126 valence electrons. The van der Waals surface area contributed by atoms with Gasteiger partial charge in [-0.2, -0.15) is 0 Å². The second-order valence-corrected chi connectivity index (χ2v) is 5.57. The van der Waals surface area contributed by atoms with Crippen molar-refractivity contribution in [3.05, 3.63) is 65.9 Å². The average Bonchev–Trinajstić information content (AvgIpc) is 2.61. The zero-order valence-electron chi connectivity index (χ0n) is 14.0. The van der Waals surface area contributed by atoms with Gasteiger partial charge in [-0.1, -0.05) is 24.3 Å². The number of amides is 3. The molecule has 0 radical (unpaired) electrons. The number of anilines is 2. The maximum absolute atomic E-state index is 12.7. The van der Waals surface area contributed by atoms with E-state index in [0.29, 0.717) is 16.9 Å². The molecule has 1 heterocycles. The molecule has 0 saturated heterocycles. The largest absolute Gasteiger partial charge is 0.341 e. The molecular weight excluding hydrogens is 316 g/mol. The monoisotopic (exact) mass is 334 g/mol. The first-order valence-corrected chi connectivity index (χ1v) is 7.83. The number of hydrogen-bond acceptors (Lipinski definition) is 3. The fourth-order valence-corrected chi connectivity index (χ4v) is 2.56. The van der Waals surface area contributed by atoms with Crippen LogP contribution in [-0.4, -0.2) is 24.0 Å². The number of pyridine rings is 1. The molecule has 0 atom stereocenters. The lowest BCUT2D eigenvalue weighted by Crippen LogP contribution is -2.24. The van der Waals surface area contributed by atoms with Crippen LogP contribution in [0.2, 0.25) is 0 Å². The van der Waals surface area contributed by atoms with Crippen molar-refractivity contribution in [3.8, 4) is 0 Å². The minimum Gasteiger partial charge on any atom is -0.341 e. The molecule has 0 spiro atoms. The number of para-hydroxylation sites is 1. The van der Waals surface area contributed by atoms with Crippen LogP contribution in [0.4, 0.5) is 16.2 Å². The lowest BCUT2D eigenvalue weighted by atomic mass is 10.1. The van der Waals surface area contributed by atoms with Gasteiger partial charge in [-0.05, 0) is 37.3 Å². The molecule has 1 aromatic heterocycles. The Labute approximate surface area is 145 Å². The lowest BCUT2D eigenvalue weighted by molar-refractivity contribution is 0.102. The summed E-state index contributed by atoms with van der Waals surface area (Å²) in [5.74, 6) is -0.223. The molecule has 3 N–H and O–H groups in total. The first kappa shape index (κ1) is 16.4. The average molecular weight is 334 g/mol. The van der Waals surface area contributed by atoms with E-state index in [4.69, 9.17) is 0 Å². The molecule has 3 amide bonds. The minimum atomic E-state index is -0.320. The van der Waals surface area contributed by atoms with Crippen LogP contribution >= 0.6 is 0 Å². The highest BCUT2D eigenvalue weighted by atomic mass is 16.2. The Hall–Kier alpha value is -3.41. The van der Waals surface area contributed by atoms with E-state index < -0.39 is 0 Å². The third-order valence-corrected chi connectivity index (χ3v) is 3.69. The van der Waals surface area contributed by atoms with Gasteiger partial charge >= 0.3 is 6.03 Å². The Kier molecular flexibility index (Phi) is 4.61. The van der Waals surface area contributed by atoms with Crippen LogP contribution < -0.4 is 16.0 Å². The van der Waals surface area contributed by atoms with Gasteiger partial charge < -0.3 is 16.0 Å². The van der Waals surface area contributed by atoms with Gasteiger partial charge in [-0.3, -0.25) is 9.78 Å². The topological polar surface area (TPSA) is 83.1 Å². The molecule has 0 aliphatic carbocycles. The number of aryl methyl sites for hydroxylation is 1. The van der Waals surface area contributed by atoms with E-state index in [-0.39, 0.29) is 11.9 Å². The maximum atomic E-state index is 12.7. The second-order valence-electron chi connectivity index (χ2n) is 5.57. The maximum Gasteiger partial charge on any atom is 0.318 e. The molecule has 6 heteroatoms. The number of urea groups is 1. The Bertz CT molecular complexity index is 953. The number of nitrogens with zero attached hydrogens (tertiary/aromatic N) is 1. The predicted octanol–water partition coefficient (Wildman–Crippen LogP) is 3.55. The molecule has 0 aliphatic heterocycles. The van der Waals surface area contributed by atoms with E-state index in [9.17, 15) is 9.59 Å². The molecule has 2 aromatic carbocycles. The van der Waals surface area contributed by atoms with Crippen molar-refractivity contribution in [2.24, 2.45) is 0 Å². The van der Waals surface area contributed by atoms with Crippen molar-refractivity contribution in [3.63, 3.8) is 0 Å².